The van der Waals surface area contributed by atoms with Crippen LogP contribution in [0.15, 0.2) is 60.0 Å². The van der Waals surface area contributed by atoms with Gasteiger partial charge in [0.25, 0.3) is 0 Å². The van der Waals surface area contributed by atoms with E-state index in [4.69, 9.17) is 0 Å². The molecule has 0 atom stereocenters. The number of nitrogens with zero attached hydrogens (tertiary/aromatic N) is 3. The SMILES string of the molecule is CCc1ccc(NC(=O)CSc2nncn2-c2cccc(NC(C)=O)c2)cc1. The Morgan fingerprint density at radius 2 is 1.86 bits per heavy atom. The van der Waals surface area contributed by atoms with Gasteiger partial charge in [-0.05, 0) is 42.3 Å². The minimum absolute atomic E-state index is 0.115. The number of benzene rings is 2. The predicted octanol–water partition coefficient (Wildman–Crippen LogP) is 3.52. The molecule has 1 heterocycles. The normalized spacial score (nSPS) is 10.5. The van der Waals surface area contributed by atoms with Gasteiger partial charge in [-0.15, -0.1) is 10.2 Å². The van der Waals surface area contributed by atoms with Gasteiger partial charge in [0.15, 0.2) is 5.16 Å². The second-order valence-electron chi connectivity index (χ2n) is 6.10. The van der Waals surface area contributed by atoms with Crippen molar-refractivity contribution in [2.24, 2.45) is 0 Å². The predicted molar refractivity (Wildman–Crippen MR) is 111 cm³/mol. The molecule has 1 aromatic heterocycles. The molecule has 0 unspecified atom stereocenters. The molecule has 28 heavy (non-hydrogen) atoms. The van der Waals surface area contributed by atoms with Crippen LogP contribution >= 0.6 is 11.8 Å². The molecule has 2 N–H and O–H groups in total. The Balaban J connectivity index is 1.64. The van der Waals surface area contributed by atoms with Crippen LogP contribution < -0.4 is 10.6 Å². The van der Waals surface area contributed by atoms with Crippen LogP contribution in [0.4, 0.5) is 11.4 Å². The summed E-state index contributed by atoms with van der Waals surface area (Å²) < 4.78 is 1.78. The van der Waals surface area contributed by atoms with Gasteiger partial charge in [-0.2, -0.15) is 0 Å². The zero-order valence-corrected chi connectivity index (χ0v) is 16.5. The molecule has 3 rings (SSSR count). The fourth-order valence-electron chi connectivity index (χ4n) is 2.59. The Hall–Kier alpha value is -3.13. The second kappa shape index (κ2) is 9.18. The van der Waals surface area contributed by atoms with E-state index in [1.54, 1.807) is 17.0 Å². The number of hydrogen-bond acceptors (Lipinski definition) is 5. The van der Waals surface area contributed by atoms with Gasteiger partial charge in [0.05, 0.1) is 11.4 Å². The third kappa shape index (κ3) is 5.20. The first-order valence-electron chi connectivity index (χ1n) is 8.85. The monoisotopic (exact) mass is 395 g/mol. The van der Waals surface area contributed by atoms with E-state index in [1.165, 1.54) is 24.2 Å². The molecule has 0 aliphatic carbocycles. The van der Waals surface area contributed by atoms with E-state index in [9.17, 15) is 9.59 Å². The van der Waals surface area contributed by atoms with Gasteiger partial charge < -0.3 is 10.6 Å². The summed E-state index contributed by atoms with van der Waals surface area (Å²) in [6.07, 6.45) is 2.54. The first-order chi connectivity index (χ1) is 13.5. The first kappa shape index (κ1) is 19.6. The third-order valence-corrected chi connectivity index (χ3v) is 4.88. The van der Waals surface area contributed by atoms with Crippen molar-refractivity contribution < 1.29 is 9.59 Å². The van der Waals surface area contributed by atoms with Crippen molar-refractivity contribution in [2.45, 2.75) is 25.4 Å². The Bertz CT molecular complexity index is 969. The van der Waals surface area contributed by atoms with Gasteiger partial charge in [-0.3, -0.25) is 14.2 Å². The van der Waals surface area contributed by atoms with Gasteiger partial charge in [-0.25, -0.2) is 0 Å². The summed E-state index contributed by atoms with van der Waals surface area (Å²) in [5, 5.41) is 14.3. The lowest BCUT2D eigenvalue weighted by Crippen LogP contribution is -2.14. The van der Waals surface area contributed by atoms with Crippen molar-refractivity contribution in [2.75, 3.05) is 16.4 Å². The number of carbonyl (C=O) groups is 2. The van der Waals surface area contributed by atoms with Crippen molar-refractivity contribution in [1.82, 2.24) is 14.8 Å². The number of aryl methyl sites for hydroxylation is 1. The molecular formula is C20H21N5O2S. The lowest BCUT2D eigenvalue weighted by atomic mass is 10.1. The van der Waals surface area contributed by atoms with Gasteiger partial charge in [-0.1, -0.05) is 36.9 Å². The van der Waals surface area contributed by atoms with Crippen LogP contribution in [0.25, 0.3) is 5.69 Å². The van der Waals surface area contributed by atoms with E-state index in [1.807, 2.05) is 42.5 Å². The molecule has 144 valence electrons. The van der Waals surface area contributed by atoms with E-state index in [-0.39, 0.29) is 17.6 Å². The van der Waals surface area contributed by atoms with Gasteiger partial charge in [0.2, 0.25) is 11.8 Å². The lowest BCUT2D eigenvalue weighted by molar-refractivity contribution is -0.114. The van der Waals surface area contributed by atoms with Crippen molar-refractivity contribution in [1.29, 1.82) is 0 Å². The van der Waals surface area contributed by atoms with E-state index < -0.39 is 0 Å². The summed E-state index contributed by atoms with van der Waals surface area (Å²) in [6.45, 7) is 3.55. The average molecular weight is 395 g/mol. The molecule has 8 heteroatoms. The van der Waals surface area contributed by atoms with Gasteiger partial charge >= 0.3 is 0 Å². The quantitative estimate of drug-likeness (QED) is 0.598. The Labute approximate surface area is 167 Å². The van der Waals surface area contributed by atoms with E-state index in [0.717, 1.165) is 17.8 Å². The van der Waals surface area contributed by atoms with Crippen molar-refractivity contribution in [3.05, 3.63) is 60.4 Å². The number of carbonyl (C=O) groups excluding carboxylic acids is 2. The van der Waals surface area contributed by atoms with Crippen molar-refractivity contribution in [3.63, 3.8) is 0 Å². The van der Waals surface area contributed by atoms with Gasteiger partial charge in [0, 0.05) is 18.3 Å². The summed E-state index contributed by atoms with van der Waals surface area (Å²) in [7, 11) is 0. The molecule has 0 saturated carbocycles. The van der Waals surface area contributed by atoms with Crippen LogP contribution in [-0.4, -0.2) is 32.3 Å². The standard InChI is InChI=1S/C20H21N5O2S/c1-3-15-7-9-16(10-8-15)23-19(27)12-28-20-24-21-13-25(20)18-6-4-5-17(11-18)22-14(2)26/h4-11,13H,3,12H2,1-2H3,(H,22,26)(H,23,27). The minimum Gasteiger partial charge on any atom is -0.326 e. The van der Waals surface area contributed by atoms with Crippen molar-refractivity contribution in [3.8, 4) is 5.69 Å². The highest BCUT2D eigenvalue weighted by atomic mass is 32.2. The van der Waals surface area contributed by atoms with Crippen LogP contribution in [0.5, 0.6) is 0 Å². The third-order valence-electron chi connectivity index (χ3n) is 3.94. The average Bonchev–Trinajstić information content (AvgIpc) is 3.15. The fourth-order valence-corrected chi connectivity index (χ4v) is 3.32. The maximum absolute atomic E-state index is 12.2. The first-order valence-corrected chi connectivity index (χ1v) is 9.83. The summed E-state index contributed by atoms with van der Waals surface area (Å²) in [6, 6.07) is 15.1. The summed E-state index contributed by atoms with van der Waals surface area (Å²) in [5.41, 5.74) is 3.48. The maximum atomic E-state index is 12.2. The minimum atomic E-state index is -0.140. The molecule has 0 bridgehead atoms. The van der Waals surface area contributed by atoms with Crippen LogP contribution in [0.3, 0.4) is 0 Å². The van der Waals surface area contributed by atoms with E-state index >= 15 is 0 Å². The lowest BCUT2D eigenvalue weighted by Gasteiger charge is -2.09. The number of rotatable bonds is 7. The number of nitrogens with one attached hydrogen (secondary N) is 2. The highest BCUT2D eigenvalue weighted by molar-refractivity contribution is 7.99. The highest BCUT2D eigenvalue weighted by Crippen LogP contribution is 2.22. The Morgan fingerprint density at radius 1 is 1.07 bits per heavy atom. The molecule has 0 aliphatic heterocycles. The summed E-state index contributed by atoms with van der Waals surface area (Å²) in [5.74, 6) is -0.0467. The van der Waals surface area contributed by atoms with Crippen LogP contribution in [0.2, 0.25) is 0 Å². The molecule has 3 aromatic rings. The number of thioether (sulfide) groups is 1. The molecule has 0 radical (unpaired) electrons. The number of anilines is 2. The molecule has 0 aliphatic rings. The molecule has 7 nitrogen and oxygen atoms in total. The molecule has 0 fully saturated rings. The zero-order valence-electron chi connectivity index (χ0n) is 15.7. The fraction of sp³-hybridized carbons (Fsp3) is 0.200. The topological polar surface area (TPSA) is 88.9 Å². The number of aromatic nitrogens is 3. The van der Waals surface area contributed by atoms with Gasteiger partial charge in [0.1, 0.15) is 6.33 Å². The smallest absolute Gasteiger partial charge is 0.234 e. The number of amides is 2. The molecule has 0 spiro atoms. The van der Waals surface area contributed by atoms with Crippen molar-refractivity contribution >= 4 is 35.0 Å². The molecule has 0 saturated heterocycles. The molecule has 2 amide bonds. The van der Waals surface area contributed by atoms with E-state index in [0.29, 0.717) is 10.8 Å². The van der Waals surface area contributed by atoms with Crippen LogP contribution in [-0.2, 0) is 16.0 Å². The van der Waals surface area contributed by atoms with Crippen LogP contribution in [0.1, 0.15) is 19.4 Å². The molecular weight excluding hydrogens is 374 g/mol. The number of hydrogen-bond donors (Lipinski definition) is 2. The van der Waals surface area contributed by atoms with E-state index in [2.05, 4.69) is 27.8 Å². The highest BCUT2D eigenvalue weighted by Gasteiger charge is 2.11. The zero-order chi connectivity index (χ0) is 19.9. The second-order valence-corrected chi connectivity index (χ2v) is 7.04. The maximum Gasteiger partial charge on any atom is 0.234 e. The molecule has 2 aromatic carbocycles. The summed E-state index contributed by atoms with van der Waals surface area (Å²) >= 11 is 1.29. The van der Waals surface area contributed by atoms with Crippen LogP contribution in [0, 0.1) is 0 Å². The Kier molecular flexibility index (Phi) is 6.44. The Morgan fingerprint density at radius 3 is 2.57 bits per heavy atom. The largest absolute Gasteiger partial charge is 0.326 e. The summed E-state index contributed by atoms with van der Waals surface area (Å²) in [4.78, 5) is 23.5.